The van der Waals surface area contributed by atoms with E-state index in [0.29, 0.717) is 0 Å². The zero-order valence-corrected chi connectivity index (χ0v) is 19.6. The zero-order valence-electron chi connectivity index (χ0n) is 18.0. The number of hydrogen-bond donors (Lipinski definition) is 0. The Bertz CT molecular complexity index is 1130. The molecule has 0 radical (unpaired) electrons. The third-order valence-corrected chi connectivity index (χ3v) is 4.53. The van der Waals surface area contributed by atoms with Gasteiger partial charge in [0.2, 0.25) is 20.8 Å². The first-order valence-corrected chi connectivity index (χ1v) is 12.1. The number of rotatable bonds is 16. The first kappa shape index (κ1) is 27.9. The summed E-state index contributed by atoms with van der Waals surface area (Å²) in [5.74, 6) is 1.24. The second-order valence-electron chi connectivity index (χ2n) is 6.05. The van der Waals surface area contributed by atoms with Crippen molar-refractivity contribution in [1.29, 1.82) is 0 Å². The van der Waals surface area contributed by atoms with Gasteiger partial charge >= 0.3 is 0 Å². The van der Waals surface area contributed by atoms with Crippen LogP contribution < -0.4 is 23.7 Å². The highest BCUT2D eigenvalue weighted by atomic mass is 32.3. The molecule has 192 valence electrons. The van der Waals surface area contributed by atoms with Gasteiger partial charge in [-0.05, 0) is 24.3 Å². The van der Waals surface area contributed by atoms with Gasteiger partial charge in [0.15, 0.2) is 23.0 Å². The Morgan fingerprint density at radius 2 is 1.06 bits per heavy atom. The average Bonchev–Trinajstić information content (AvgIpc) is 2.76. The number of benzene rings is 2. The molecule has 0 unspecified atom stereocenters. The summed E-state index contributed by atoms with van der Waals surface area (Å²) in [5.41, 5.74) is 0. The van der Waals surface area contributed by atoms with Crippen molar-refractivity contribution in [3.63, 3.8) is 0 Å². The van der Waals surface area contributed by atoms with E-state index in [1.807, 2.05) is 0 Å². The minimum Gasteiger partial charge on any atom is -0.726 e. The maximum absolute atomic E-state index is 10.5. The molecule has 0 aliphatic heterocycles. The normalized spacial score (nSPS) is 11.4. The van der Waals surface area contributed by atoms with Crippen LogP contribution in [0.3, 0.4) is 0 Å². The van der Waals surface area contributed by atoms with Crippen molar-refractivity contribution in [3.05, 3.63) is 62.1 Å². The van der Waals surface area contributed by atoms with Crippen LogP contribution in [0.4, 0.5) is 0 Å². The van der Waals surface area contributed by atoms with Crippen LogP contribution in [-0.2, 0) is 29.2 Å². The van der Waals surface area contributed by atoms with Gasteiger partial charge in [0, 0.05) is 12.1 Å². The zero-order chi connectivity index (χ0) is 25.9. The summed E-state index contributed by atoms with van der Waals surface area (Å²) in [7, 11) is -9.72. The van der Waals surface area contributed by atoms with Gasteiger partial charge in [0.25, 0.3) is 0 Å². The summed E-state index contributed by atoms with van der Waals surface area (Å²) < 4.78 is 98.3. The third kappa shape index (κ3) is 10.6. The highest BCUT2D eigenvalue weighted by molar-refractivity contribution is 7.81. The molecule has 2 rings (SSSR count). The molecule has 15 heteroatoms. The Balaban J connectivity index is 2.15. The second kappa shape index (κ2) is 12.9. The summed E-state index contributed by atoms with van der Waals surface area (Å²) in [6.07, 6.45) is 2.29. The fourth-order valence-corrected chi connectivity index (χ4v) is 2.96. The maximum Gasteiger partial charge on any atom is 0.217 e. The molecule has 13 nitrogen and oxygen atoms in total. The lowest BCUT2D eigenvalue weighted by atomic mass is 10.2. The van der Waals surface area contributed by atoms with Gasteiger partial charge in [-0.3, -0.25) is 8.37 Å². The Hall–Kier alpha value is -3.34. The van der Waals surface area contributed by atoms with Crippen molar-refractivity contribution >= 4 is 20.8 Å². The summed E-state index contributed by atoms with van der Waals surface area (Å²) in [5, 5.41) is 0. The maximum atomic E-state index is 10.5. The molecular formula is C20H20O13S2-2. The lowest BCUT2D eigenvalue weighted by Crippen LogP contribution is -2.12. The minimum atomic E-state index is -4.86. The van der Waals surface area contributed by atoms with Gasteiger partial charge < -0.3 is 32.8 Å². The van der Waals surface area contributed by atoms with Crippen LogP contribution in [0.25, 0.3) is 0 Å². The fourth-order valence-electron chi connectivity index (χ4n) is 2.42. The Labute approximate surface area is 201 Å². The van der Waals surface area contributed by atoms with E-state index in [-0.39, 0.29) is 47.7 Å². The molecule has 0 aliphatic rings. The summed E-state index contributed by atoms with van der Waals surface area (Å²) in [6, 6.07) is 8.89. The molecule has 0 aliphatic carbocycles. The van der Waals surface area contributed by atoms with Gasteiger partial charge in [-0.15, -0.1) is 0 Å². The van der Waals surface area contributed by atoms with E-state index in [2.05, 4.69) is 21.5 Å². The smallest absolute Gasteiger partial charge is 0.217 e. The highest BCUT2D eigenvalue weighted by Crippen LogP contribution is 2.37. The molecule has 0 fully saturated rings. The molecule has 2 aromatic carbocycles. The van der Waals surface area contributed by atoms with Crippen molar-refractivity contribution in [1.82, 2.24) is 0 Å². The minimum absolute atomic E-state index is 0.133. The Morgan fingerprint density at radius 1 is 0.657 bits per heavy atom. The van der Waals surface area contributed by atoms with Crippen molar-refractivity contribution in [2.24, 2.45) is 0 Å². The SMILES string of the molecule is C=COc1ccc(Oc2ccc(OC=C)c(OCCOS(=O)(=O)[O-])c2)cc1OCCOS(=O)(=O)[O-]. The largest absolute Gasteiger partial charge is 0.726 e. The first-order valence-electron chi connectivity index (χ1n) is 9.48. The highest BCUT2D eigenvalue weighted by Gasteiger charge is 2.12. The topological polar surface area (TPSA) is 179 Å². The molecule has 0 aromatic heterocycles. The molecule has 0 saturated carbocycles. The Kier molecular flexibility index (Phi) is 10.3. The lowest BCUT2D eigenvalue weighted by Gasteiger charge is -2.15. The van der Waals surface area contributed by atoms with Crippen LogP contribution in [0.2, 0.25) is 0 Å². The van der Waals surface area contributed by atoms with Crippen LogP contribution >= 0.6 is 0 Å². The Morgan fingerprint density at radius 3 is 1.40 bits per heavy atom. The van der Waals surface area contributed by atoms with Gasteiger partial charge in [0.1, 0.15) is 24.7 Å². The molecule has 35 heavy (non-hydrogen) atoms. The molecule has 2 aromatic rings. The summed E-state index contributed by atoms with van der Waals surface area (Å²) >= 11 is 0. The number of ether oxygens (including phenoxy) is 5. The van der Waals surface area contributed by atoms with E-state index in [0.717, 1.165) is 12.5 Å². The standard InChI is InChI=1S/C20H22O13S2/c1-3-27-17-7-5-15(13-19(17)29-9-11-31-34(21,22)23)33-16-6-8-18(28-4-2)20(14-16)30-10-12-32-35(24,25)26/h3-8,13-14H,1-2,9-12H2,(H,21,22,23)(H,24,25,26)/p-2. The quantitative estimate of drug-likeness (QED) is 0.133. The predicted octanol–water partition coefficient (Wildman–Crippen LogP) is 2.23. The molecular weight excluding hydrogens is 512 g/mol. The van der Waals surface area contributed by atoms with E-state index in [1.54, 1.807) is 0 Å². The molecule has 0 heterocycles. The first-order chi connectivity index (χ1) is 16.5. The monoisotopic (exact) mass is 532 g/mol. The molecule has 0 bridgehead atoms. The van der Waals surface area contributed by atoms with Gasteiger partial charge in [-0.2, -0.15) is 0 Å². The van der Waals surface area contributed by atoms with E-state index in [1.165, 1.54) is 36.4 Å². The third-order valence-electron chi connectivity index (χ3n) is 3.62. The van der Waals surface area contributed by atoms with Crippen molar-refractivity contribution < 1.29 is 58.0 Å². The van der Waals surface area contributed by atoms with Gasteiger partial charge in [-0.1, -0.05) is 13.2 Å². The molecule has 0 atom stereocenters. The second-order valence-corrected chi connectivity index (χ2v) is 8.15. The van der Waals surface area contributed by atoms with Crippen LogP contribution in [0, 0.1) is 0 Å². The van der Waals surface area contributed by atoms with Gasteiger partial charge in [-0.25, -0.2) is 16.8 Å². The predicted molar refractivity (Wildman–Crippen MR) is 117 cm³/mol. The lowest BCUT2D eigenvalue weighted by molar-refractivity contribution is 0.195. The number of hydrogen-bond acceptors (Lipinski definition) is 13. The van der Waals surface area contributed by atoms with Crippen molar-refractivity contribution in [3.8, 4) is 34.5 Å². The van der Waals surface area contributed by atoms with Crippen LogP contribution in [0.5, 0.6) is 34.5 Å². The van der Waals surface area contributed by atoms with Crippen molar-refractivity contribution in [2.45, 2.75) is 0 Å². The fraction of sp³-hybridized carbons (Fsp3) is 0.200. The molecule has 0 saturated heterocycles. The van der Waals surface area contributed by atoms with Crippen LogP contribution in [-0.4, -0.2) is 52.4 Å². The van der Waals surface area contributed by atoms with E-state index >= 15 is 0 Å². The summed E-state index contributed by atoms with van der Waals surface area (Å²) in [6.45, 7) is 5.28. The summed E-state index contributed by atoms with van der Waals surface area (Å²) in [4.78, 5) is 0. The van der Waals surface area contributed by atoms with Crippen LogP contribution in [0.15, 0.2) is 62.1 Å². The van der Waals surface area contributed by atoms with Gasteiger partial charge in [0.05, 0.1) is 25.7 Å². The molecule has 0 spiro atoms. The van der Waals surface area contributed by atoms with E-state index < -0.39 is 34.0 Å². The van der Waals surface area contributed by atoms with E-state index in [4.69, 9.17) is 23.7 Å². The average molecular weight is 533 g/mol. The molecule has 0 amide bonds. The van der Waals surface area contributed by atoms with E-state index in [9.17, 15) is 25.9 Å². The van der Waals surface area contributed by atoms with Crippen molar-refractivity contribution in [2.75, 3.05) is 26.4 Å². The molecule has 0 N–H and O–H groups in total. The van der Waals surface area contributed by atoms with Crippen LogP contribution in [0.1, 0.15) is 0 Å².